The molecule has 0 atom stereocenters. The van der Waals surface area contributed by atoms with E-state index in [1.807, 2.05) is 42.8 Å². The zero-order valence-electron chi connectivity index (χ0n) is 11.2. The van der Waals surface area contributed by atoms with E-state index in [1.165, 1.54) is 0 Å². The van der Waals surface area contributed by atoms with Crippen LogP contribution in [0.4, 0.5) is 0 Å². The summed E-state index contributed by atoms with van der Waals surface area (Å²) >= 11 is 3.37. The standard InChI is InChI=1S/C15H17BrN2O/c1-11-10-12(2)18(17-11)9-3-4-15(19)13-5-7-14(16)8-6-13/h5-8,10H,3-4,9H2,1-2H3. The van der Waals surface area contributed by atoms with Gasteiger partial charge in [0.1, 0.15) is 0 Å². The number of hydrogen-bond acceptors (Lipinski definition) is 2. The normalized spacial score (nSPS) is 10.7. The number of benzene rings is 1. The highest BCUT2D eigenvalue weighted by Crippen LogP contribution is 2.13. The Morgan fingerprint density at radius 1 is 1.26 bits per heavy atom. The van der Waals surface area contributed by atoms with Crippen LogP contribution in [0.15, 0.2) is 34.8 Å². The van der Waals surface area contributed by atoms with E-state index in [-0.39, 0.29) is 5.78 Å². The fourth-order valence-electron chi connectivity index (χ4n) is 2.07. The lowest BCUT2D eigenvalue weighted by Crippen LogP contribution is -2.06. The van der Waals surface area contributed by atoms with Gasteiger partial charge in [-0.1, -0.05) is 28.1 Å². The van der Waals surface area contributed by atoms with Crippen molar-refractivity contribution in [3.05, 3.63) is 51.8 Å². The monoisotopic (exact) mass is 320 g/mol. The van der Waals surface area contributed by atoms with Crippen LogP contribution in [0.2, 0.25) is 0 Å². The van der Waals surface area contributed by atoms with Crippen molar-refractivity contribution in [3.8, 4) is 0 Å². The third-order valence-corrected chi connectivity index (χ3v) is 3.57. The van der Waals surface area contributed by atoms with Crippen molar-refractivity contribution in [1.82, 2.24) is 9.78 Å². The number of hydrogen-bond donors (Lipinski definition) is 0. The van der Waals surface area contributed by atoms with Crippen molar-refractivity contribution in [2.24, 2.45) is 0 Å². The Bertz CT molecular complexity index is 572. The van der Waals surface area contributed by atoms with E-state index in [0.29, 0.717) is 6.42 Å². The molecule has 0 saturated heterocycles. The lowest BCUT2D eigenvalue weighted by atomic mass is 10.1. The fraction of sp³-hybridized carbons (Fsp3) is 0.333. The van der Waals surface area contributed by atoms with Crippen LogP contribution in [0, 0.1) is 13.8 Å². The largest absolute Gasteiger partial charge is 0.294 e. The van der Waals surface area contributed by atoms with Crippen LogP contribution in [-0.4, -0.2) is 15.6 Å². The van der Waals surface area contributed by atoms with E-state index in [2.05, 4.69) is 27.1 Å². The third kappa shape index (κ3) is 3.77. The summed E-state index contributed by atoms with van der Waals surface area (Å²) in [6, 6.07) is 9.56. The maximum Gasteiger partial charge on any atom is 0.162 e. The molecule has 1 aromatic heterocycles. The summed E-state index contributed by atoms with van der Waals surface area (Å²) < 4.78 is 2.95. The molecule has 1 heterocycles. The van der Waals surface area contributed by atoms with E-state index in [0.717, 1.165) is 34.4 Å². The first-order chi connectivity index (χ1) is 9.06. The zero-order valence-corrected chi connectivity index (χ0v) is 12.8. The molecule has 0 aliphatic heterocycles. The quantitative estimate of drug-likeness (QED) is 0.782. The number of aromatic nitrogens is 2. The molecule has 0 fully saturated rings. The Morgan fingerprint density at radius 2 is 1.95 bits per heavy atom. The molecular weight excluding hydrogens is 304 g/mol. The van der Waals surface area contributed by atoms with Gasteiger partial charge in [0.2, 0.25) is 0 Å². The van der Waals surface area contributed by atoms with Gasteiger partial charge in [0, 0.05) is 28.7 Å². The minimum atomic E-state index is 0.189. The lowest BCUT2D eigenvalue weighted by molar-refractivity contribution is 0.0978. The second kappa shape index (κ2) is 6.15. The minimum absolute atomic E-state index is 0.189. The van der Waals surface area contributed by atoms with Gasteiger partial charge in [-0.2, -0.15) is 5.10 Å². The Labute approximate surface area is 121 Å². The number of nitrogens with zero attached hydrogens (tertiary/aromatic N) is 2. The highest BCUT2D eigenvalue weighted by Gasteiger charge is 2.06. The van der Waals surface area contributed by atoms with Crippen molar-refractivity contribution in [2.45, 2.75) is 33.2 Å². The van der Waals surface area contributed by atoms with Crippen molar-refractivity contribution in [1.29, 1.82) is 0 Å². The summed E-state index contributed by atoms with van der Waals surface area (Å²) in [4.78, 5) is 12.0. The van der Waals surface area contributed by atoms with Crippen LogP contribution in [0.3, 0.4) is 0 Å². The molecule has 0 bridgehead atoms. The van der Waals surface area contributed by atoms with Crippen molar-refractivity contribution >= 4 is 21.7 Å². The van der Waals surface area contributed by atoms with Crippen molar-refractivity contribution in [2.75, 3.05) is 0 Å². The second-order valence-electron chi connectivity index (χ2n) is 4.68. The van der Waals surface area contributed by atoms with Gasteiger partial charge in [-0.3, -0.25) is 9.48 Å². The SMILES string of the molecule is Cc1cc(C)n(CCCC(=O)c2ccc(Br)cc2)n1. The average Bonchev–Trinajstić information content (AvgIpc) is 2.68. The first-order valence-corrected chi connectivity index (χ1v) is 7.15. The number of carbonyl (C=O) groups excluding carboxylic acids is 1. The molecular formula is C15H17BrN2O. The molecule has 100 valence electrons. The molecule has 1 aromatic carbocycles. The summed E-state index contributed by atoms with van der Waals surface area (Å²) in [5, 5.41) is 4.39. The zero-order chi connectivity index (χ0) is 13.8. The van der Waals surface area contributed by atoms with Gasteiger partial charge < -0.3 is 0 Å². The van der Waals surface area contributed by atoms with Crippen molar-refractivity contribution in [3.63, 3.8) is 0 Å². The highest BCUT2D eigenvalue weighted by molar-refractivity contribution is 9.10. The number of carbonyl (C=O) groups is 1. The number of aryl methyl sites for hydroxylation is 3. The Kier molecular flexibility index (Phi) is 4.53. The average molecular weight is 321 g/mol. The first kappa shape index (κ1) is 14.0. The van der Waals surface area contributed by atoms with Gasteiger partial charge in [0.15, 0.2) is 5.78 Å². The van der Waals surface area contributed by atoms with Gasteiger partial charge in [0.05, 0.1) is 5.69 Å². The van der Waals surface area contributed by atoms with Crippen LogP contribution in [0.25, 0.3) is 0 Å². The molecule has 0 saturated carbocycles. The maximum atomic E-state index is 12.0. The molecule has 0 aliphatic rings. The van der Waals surface area contributed by atoms with Gasteiger partial charge in [-0.15, -0.1) is 0 Å². The number of halogens is 1. The predicted molar refractivity (Wildman–Crippen MR) is 79.4 cm³/mol. The Hall–Kier alpha value is -1.42. The third-order valence-electron chi connectivity index (χ3n) is 3.04. The van der Waals surface area contributed by atoms with E-state index in [1.54, 1.807) is 0 Å². The molecule has 3 nitrogen and oxygen atoms in total. The van der Waals surface area contributed by atoms with E-state index >= 15 is 0 Å². The summed E-state index contributed by atoms with van der Waals surface area (Å²) in [5.74, 6) is 0.189. The summed E-state index contributed by atoms with van der Waals surface area (Å²) in [5.41, 5.74) is 2.95. The van der Waals surface area contributed by atoms with E-state index in [9.17, 15) is 4.79 Å². The summed E-state index contributed by atoms with van der Waals surface area (Å²) in [6.45, 7) is 4.81. The molecule has 0 unspecified atom stereocenters. The van der Waals surface area contributed by atoms with Gasteiger partial charge in [-0.05, 0) is 38.5 Å². The summed E-state index contributed by atoms with van der Waals surface area (Å²) in [6.07, 6.45) is 1.37. The Morgan fingerprint density at radius 3 is 2.53 bits per heavy atom. The maximum absolute atomic E-state index is 12.0. The van der Waals surface area contributed by atoms with Gasteiger partial charge >= 0.3 is 0 Å². The number of ketones is 1. The molecule has 4 heteroatoms. The molecule has 2 aromatic rings. The number of Topliss-reactive ketones (excluding diaryl/α,β-unsaturated/α-hetero) is 1. The summed E-state index contributed by atoms with van der Waals surface area (Å²) in [7, 11) is 0. The van der Waals surface area contributed by atoms with Crippen LogP contribution in [0.5, 0.6) is 0 Å². The number of rotatable bonds is 5. The highest BCUT2D eigenvalue weighted by atomic mass is 79.9. The lowest BCUT2D eigenvalue weighted by Gasteiger charge is -2.04. The molecule has 0 spiro atoms. The van der Waals surface area contributed by atoms with Crippen LogP contribution >= 0.6 is 15.9 Å². The van der Waals surface area contributed by atoms with Gasteiger partial charge in [-0.25, -0.2) is 0 Å². The van der Waals surface area contributed by atoms with Crippen molar-refractivity contribution < 1.29 is 4.79 Å². The predicted octanol–water partition coefficient (Wildman–Crippen LogP) is 3.93. The molecule has 19 heavy (non-hydrogen) atoms. The minimum Gasteiger partial charge on any atom is -0.294 e. The molecule has 0 amide bonds. The Balaban J connectivity index is 1.87. The fourth-order valence-corrected chi connectivity index (χ4v) is 2.34. The van der Waals surface area contributed by atoms with Crippen LogP contribution in [0.1, 0.15) is 34.6 Å². The molecule has 2 rings (SSSR count). The molecule has 0 radical (unpaired) electrons. The smallest absolute Gasteiger partial charge is 0.162 e. The second-order valence-corrected chi connectivity index (χ2v) is 5.60. The topological polar surface area (TPSA) is 34.9 Å². The first-order valence-electron chi connectivity index (χ1n) is 6.36. The van der Waals surface area contributed by atoms with Gasteiger partial charge in [0.25, 0.3) is 0 Å². The molecule has 0 aliphatic carbocycles. The van der Waals surface area contributed by atoms with E-state index < -0.39 is 0 Å². The van der Waals surface area contributed by atoms with E-state index in [4.69, 9.17) is 0 Å². The van der Waals surface area contributed by atoms with Crippen LogP contribution < -0.4 is 0 Å². The van der Waals surface area contributed by atoms with Crippen LogP contribution in [-0.2, 0) is 6.54 Å². The molecule has 0 N–H and O–H groups in total.